The number of hydrogen-bond acceptors (Lipinski definition) is 10. The molecular formula is C36H30O10. The Bertz CT molecular complexity index is 2420. The number of aromatic hydroxyl groups is 6. The molecule has 0 atom stereocenters. The molecule has 0 fully saturated rings. The van der Waals surface area contributed by atoms with Gasteiger partial charge < -0.3 is 40.1 Å². The van der Waals surface area contributed by atoms with Crippen LogP contribution in [-0.4, -0.2) is 44.9 Å². The van der Waals surface area contributed by atoms with Crippen molar-refractivity contribution >= 4 is 64.6 Å². The molecule has 0 aliphatic heterocycles. The molecular weight excluding hydrogens is 592 g/mol. The Morgan fingerprint density at radius 2 is 0.783 bits per heavy atom. The van der Waals surface area contributed by atoms with E-state index in [1.54, 1.807) is 12.1 Å². The summed E-state index contributed by atoms with van der Waals surface area (Å²) in [6, 6.07) is 5.07. The summed E-state index contributed by atoms with van der Waals surface area (Å²) in [5.41, 5.74) is -0.761. The van der Waals surface area contributed by atoms with Crippen LogP contribution < -0.4 is 20.3 Å². The normalized spacial score (nSPS) is 12.3. The Hall–Kier alpha value is -5.64. The lowest BCUT2D eigenvalue weighted by Gasteiger charge is -2.23. The second-order valence-corrected chi connectivity index (χ2v) is 12.3. The zero-order chi connectivity index (χ0) is 33.3. The van der Waals surface area contributed by atoms with Gasteiger partial charge in [-0.2, -0.15) is 0 Å². The quantitative estimate of drug-likeness (QED) is 0.0916. The molecule has 7 aromatic carbocycles. The van der Waals surface area contributed by atoms with Crippen LogP contribution in [0.15, 0.2) is 33.9 Å². The molecule has 0 aromatic heterocycles. The number of phenolic OH excluding ortho intramolecular Hbond substituents is 6. The van der Waals surface area contributed by atoms with Crippen LogP contribution in [0.3, 0.4) is 0 Å². The van der Waals surface area contributed by atoms with E-state index in [4.69, 9.17) is 9.47 Å². The van der Waals surface area contributed by atoms with Crippen LogP contribution in [0.1, 0.15) is 50.7 Å². The fraction of sp³-hybridized carbons (Fsp3) is 0.222. The highest BCUT2D eigenvalue weighted by Gasteiger charge is 2.32. The summed E-state index contributed by atoms with van der Waals surface area (Å²) in [5.74, 6) is -2.94. The summed E-state index contributed by atoms with van der Waals surface area (Å²) in [5, 5.41) is 68.3. The monoisotopic (exact) mass is 622 g/mol. The van der Waals surface area contributed by atoms with Gasteiger partial charge in [0.15, 0.2) is 0 Å². The number of methoxy groups -OCH3 is 2. The average Bonchev–Trinajstić information content (AvgIpc) is 2.97. The molecule has 7 rings (SSSR count). The summed E-state index contributed by atoms with van der Waals surface area (Å²) in [4.78, 5) is 28.6. The summed E-state index contributed by atoms with van der Waals surface area (Å²) in [6.07, 6.45) is 0. The highest BCUT2D eigenvalue weighted by Crippen LogP contribution is 2.55. The maximum atomic E-state index is 14.3. The fourth-order valence-corrected chi connectivity index (χ4v) is 7.44. The summed E-state index contributed by atoms with van der Waals surface area (Å²) in [6.45, 7) is 7.28. The minimum absolute atomic E-state index is 0.0369. The van der Waals surface area contributed by atoms with Crippen LogP contribution in [0.4, 0.5) is 0 Å². The lowest BCUT2D eigenvalue weighted by molar-refractivity contribution is 0.398. The maximum Gasteiger partial charge on any atom is 0.201 e. The van der Waals surface area contributed by atoms with Crippen LogP contribution in [0, 0.1) is 0 Å². The van der Waals surface area contributed by atoms with E-state index in [0.717, 1.165) is 12.1 Å². The number of hydrogen-bond donors (Lipinski definition) is 6. The standard InChI is InChI=1S/C36H30O10/c1-11(2)21-19(45-5)7-13-23-24-14-8-20(46-6)22(12(3)4)34(42)26(14)36(44)30-18(40)10-16(38)28(32(24)30)27-15(37)9-17(39)29(31(23)27)35(43)25(13)33(21)41/h7-12,37-42H,1-6H3. The summed E-state index contributed by atoms with van der Waals surface area (Å²) < 4.78 is 11.4. The Kier molecular flexibility index (Phi) is 5.97. The molecule has 0 spiro atoms. The molecule has 0 bridgehead atoms. The van der Waals surface area contributed by atoms with E-state index in [1.165, 1.54) is 14.2 Å². The SMILES string of the molecule is COc1cc2c(c(O)c1C(C)C)c(=O)c1c(O)cc(O)c3c4c(O)cc(O)c5c(=O)c6c(O)c(C(C)C)c(OC)cc6c(c54)c2c13. The Morgan fingerprint density at radius 1 is 0.457 bits per heavy atom. The summed E-state index contributed by atoms with van der Waals surface area (Å²) >= 11 is 0. The van der Waals surface area contributed by atoms with Gasteiger partial charge in [0.25, 0.3) is 0 Å². The third-order valence-electron chi connectivity index (χ3n) is 9.22. The summed E-state index contributed by atoms with van der Waals surface area (Å²) in [7, 11) is 2.84. The Balaban J connectivity index is 2.03. The topological polar surface area (TPSA) is 174 Å². The largest absolute Gasteiger partial charge is 0.507 e. The third-order valence-corrected chi connectivity index (χ3v) is 9.22. The molecule has 10 nitrogen and oxygen atoms in total. The lowest BCUT2D eigenvalue weighted by Crippen LogP contribution is -2.10. The first kappa shape index (κ1) is 29.1. The second kappa shape index (κ2) is 9.43. The second-order valence-electron chi connectivity index (χ2n) is 12.3. The van der Waals surface area contributed by atoms with Gasteiger partial charge in [0.2, 0.25) is 10.9 Å². The maximum absolute atomic E-state index is 14.3. The number of benzene rings is 7. The lowest BCUT2D eigenvalue weighted by atomic mass is 9.82. The van der Waals surface area contributed by atoms with Crippen molar-refractivity contribution in [2.75, 3.05) is 14.2 Å². The number of rotatable bonds is 4. The van der Waals surface area contributed by atoms with Gasteiger partial charge in [-0.05, 0) is 24.0 Å². The van der Waals surface area contributed by atoms with Gasteiger partial charge in [-0.25, -0.2) is 0 Å². The molecule has 0 aliphatic carbocycles. The molecule has 7 aromatic rings. The van der Waals surface area contributed by atoms with Crippen LogP contribution >= 0.6 is 0 Å². The molecule has 0 unspecified atom stereocenters. The van der Waals surface area contributed by atoms with Crippen LogP contribution in [0.25, 0.3) is 64.6 Å². The van der Waals surface area contributed by atoms with Gasteiger partial charge in [0.1, 0.15) is 46.0 Å². The van der Waals surface area contributed by atoms with E-state index >= 15 is 0 Å². The smallest absolute Gasteiger partial charge is 0.201 e. The van der Waals surface area contributed by atoms with Crippen molar-refractivity contribution in [2.24, 2.45) is 0 Å². The van der Waals surface area contributed by atoms with Gasteiger partial charge >= 0.3 is 0 Å². The predicted molar refractivity (Wildman–Crippen MR) is 178 cm³/mol. The Labute approximate surface area is 260 Å². The molecule has 0 aliphatic rings. The first-order chi connectivity index (χ1) is 21.8. The van der Waals surface area contributed by atoms with Gasteiger partial charge in [0, 0.05) is 66.3 Å². The minimum Gasteiger partial charge on any atom is -0.507 e. The van der Waals surface area contributed by atoms with Crippen molar-refractivity contribution in [2.45, 2.75) is 39.5 Å². The molecule has 6 N–H and O–H groups in total. The van der Waals surface area contributed by atoms with Crippen molar-refractivity contribution in [1.82, 2.24) is 0 Å². The van der Waals surface area contributed by atoms with Crippen LogP contribution in [0.2, 0.25) is 0 Å². The molecule has 0 heterocycles. The van der Waals surface area contributed by atoms with Gasteiger partial charge in [-0.3, -0.25) is 9.59 Å². The van der Waals surface area contributed by atoms with Crippen molar-refractivity contribution in [3.63, 3.8) is 0 Å². The molecule has 0 saturated heterocycles. The highest BCUT2D eigenvalue weighted by atomic mass is 16.5. The van der Waals surface area contributed by atoms with E-state index in [9.17, 15) is 40.2 Å². The molecule has 0 radical (unpaired) electrons. The van der Waals surface area contributed by atoms with Gasteiger partial charge in [-0.1, -0.05) is 27.7 Å². The van der Waals surface area contributed by atoms with Crippen molar-refractivity contribution in [3.8, 4) is 46.0 Å². The van der Waals surface area contributed by atoms with Gasteiger partial charge in [-0.15, -0.1) is 0 Å². The molecule has 0 amide bonds. The van der Waals surface area contributed by atoms with E-state index in [1.807, 2.05) is 27.7 Å². The van der Waals surface area contributed by atoms with E-state index in [0.29, 0.717) is 11.1 Å². The predicted octanol–water partition coefficient (Wildman–Crippen LogP) is 6.70. The molecule has 46 heavy (non-hydrogen) atoms. The van der Waals surface area contributed by atoms with Crippen molar-refractivity contribution < 1.29 is 40.1 Å². The number of fused-ring (bicyclic) bond motifs is 6. The van der Waals surface area contributed by atoms with E-state index in [-0.39, 0.29) is 99.5 Å². The van der Waals surface area contributed by atoms with Crippen LogP contribution in [-0.2, 0) is 0 Å². The van der Waals surface area contributed by atoms with Crippen molar-refractivity contribution in [1.29, 1.82) is 0 Å². The third kappa shape index (κ3) is 3.35. The van der Waals surface area contributed by atoms with Crippen molar-refractivity contribution in [3.05, 3.63) is 55.8 Å². The number of phenols is 6. The minimum atomic E-state index is -0.736. The number of ether oxygens (including phenoxy) is 2. The first-order valence-electron chi connectivity index (χ1n) is 14.7. The Morgan fingerprint density at radius 3 is 1.09 bits per heavy atom. The highest BCUT2D eigenvalue weighted by molar-refractivity contribution is 6.45. The van der Waals surface area contributed by atoms with E-state index < -0.39 is 33.9 Å². The molecule has 0 saturated carbocycles. The van der Waals surface area contributed by atoms with Gasteiger partial charge in [0.05, 0.1) is 35.8 Å². The zero-order valence-electron chi connectivity index (χ0n) is 25.8. The zero-order valence-corrected chi connectivity index (χ0v) is 25.8. The molecule has 10 heteroatoms. The average molecular weight is 623 g/mol. The van der Waals surface area contributed by atoms with E-state index in [2.05, 4.69) is 0 Å². The fourth-order valence-electron chi connectivity index (χ4n) is 7.44. The van der Waals surface area contributed by atoms with Crippen LogP contribution in [0.5, 0.6) is 46.0 Å². The first-order valence-corrected chi connectivity index (χ1v) is 14.7. The molecule has 234 valence electrons.